The summed E-state index contributed by atoms with van der Waals surface area (Å²) < 4.78 is 17.7. The van der Waals surface area contributed by atoms with Gasteiger partial charge in [-0.1, -0.05) is 12.1 Å². The van der Waals surface area contributed by atoms with Crippen LogP contribution < -0.4 is 10.5 Å². The van der Waals surface area contributed by atoms with Gasteiger partial charge in [0.25, 0.3) is 0 Å². The number of hydrogen-bond donors (Lipinski definition) is 1. The maximum Gasteiger partial charge on any atom is 0.315 e. The number of nitrogens with two attached hydrogens (primary N) is 1. The van der Waals surface area contributed by atoms with Crippen LogP contribution in [0, 0.1) is 5.82 Å². The van der Waals surface area contributed by atoms with Crippen molar-refractivity contribution in [1.82, 2.24) is 0 Å². The van der Waals surface area contributed by atoms with E-state index in [1.807, 2.05) is 0 Å². The predicted octanol–water partition coefficient (Wildman–Crippen LogP) is 2.56. The fraction of sp³-hybridized carbons (Fsp3) is 0.0714. The Morgan fingerprint density at radius 1 is 1.17 bits per heavy atom. The Labute approximate surface area is 104 Å². The van der Waals surface area contributed by atoms with E-state index in [4.69, 9.17) is 10.5 Å². The Morgan fingerprint density at radius 3 is 2.56 bits per heavy atom. The van der Waals surface area contributed by atoms with E-state index in [2.05, 4.69) is 0 Å². The van der Waals surface area contributed by atoms with Crippen LogP contribution in [0.25, 0.3) is 0 Å². The quantitative estimate of drug-likeness (QED) is 0.513. The maximum absolute atomic E-state index is 12.7. The molecule has 0 saturated heterocycles. The number of nitrogen functional groups attached to an aromatic ring is 1. The lowest BCUT2D eigenvalue weighted by Crippen LogP contribution is -2.11. The zero-order valence-electron chi connectivity index (χ0n) is 9.60. The lowest BCUT2D eigenvalue weighted by atomic mass is 10.1. The van der Waals surface area contributed by atoms with Crippen LogP contribution in [-0.2, 0) is 11.2 Å². The van der Waals surface area contributed by atoms with Crippen LogP contribution in [0.2, 0.25) is 0 Å². The molecule has 0 aliphatic carbocycles. The van der Waals surface area contributed by atoms with Crippen LogP contribution in [0.3, 0.4) is 0 Å². The highest BCUT2D eigenvalue weighted by Gasteiger charge is 2.06. The Bertz CT molecular complexity index is 552. The first kappa shape index (κ1) is 12.1. The second-order valence-electron chi connectivity index (χ2n) is 3.85. The van der Waals surface area contributed by atoms with E-state index in [0.29, 0.717) is 11.4 Å². The number of carbonyl (C=O) groups is 1. The molecule has 18 heavy (non-hydrogen) atoms. The van der Waals surface area contributed by atoms with E-state index >= 15 is 0 Å². The zero-order chi connectivity index (χ0) is 13.0. The Hall–Kier alpha value is -2.36. The fourth-order valence-corrected chi connectivity index (χ4v) is 1.54. The highest BCUT2D eigenvalue weighted by atomic mass is 19.1. The van der Waals surface area contributed by atoms with Crippen molar-refractivity contribution in [3.05, 3.63) is 59.9 Å². The lowest BCUT2D eigenvalue weighted by molar-refractivity contribution is -0.133. The summed E-state index contributed by atoms with van der Waals surface area (Å²) in [5.41, 5.74) is 6.99. The van der Waals surface area contributed by atoms with Gasteiger partial charge in [-0.2, -0.15) is 0 Å². The molecule has 3 nitrogen and oxygen atoms in total. The third-order valence-corrected chi connectivity index (χ3v) is 2.34. The summed E-state index contributed by atoms with van der Waals surface area (Å²) in [4.78, 5) is 11.6. The molecule has 0 saturated carbocycles. The standard InChI is InChI=1S/C14H12FNO2/c15-11-4-6-13(7-5-11)18-14(17)9-10-2-1-3-12(16)8-10/h1-8H,9,16H2. The third kappa shape index (κ3) is 3.31. The molecule has 0 aliphatic rings. The maximum atomic E-state index is 12.7. The van der Waals surface area contributed by atoms with E-state index < -0.39 is 5.97 Å². The summed E-state index contributed by atoms with van der Waals surface area (Å²) in [5, 5.41) is 0. The molecule has 0 fully saturated rings. The van der Waals surface area contributed by atoms with Crippen LogP contribution >= 0.6 is 0 Å². The molecule has 0 heterocycles. The monoisotopic (exact) mass is 245 g/mol. The molecule has 2 aromatic carbocycles. The summed E-state index contributed by atoms with van der Waals surface area (Å²) >= 11 is 0. The molecule has 0 unspecified atom stereocenters. The number of anilines is 1. The van der Waals surface area contributed by atoms with E-state index in [-0.39, 0.29) is 12.2 Å². The molecule has 4 heteroatoms. The van der Waals surface area contributed by atoms with Gasteiger partial charge >= 0.3 is 5.97 Å². The smallest absolute Gasteiger partial charge is 0.315 e. The second kappa shape index (κ2) is 5.31. The van der Waals surface area contributed by atoms with Crippen LogP contribution in [0.1, 0.15) is 5.56 Å². The Kier molecular flexibility index (Phi) is 3.57. The molecule has 0 aromatic heterocycles. The zero-order valence-corrected chi connectivity index (χ0v) is 9.60. The minimum atomic E-state index is -0.410. The number of rotatable bonds is 3. The molecule has 2 N–H and O–H groups in total. The molecule has 0 bridgehead atoms. The van der Waals surface area contributed by atoms with Crippen LogP contribution in [0.15, 0.2) is 48.5 Å². The highest BCUT2D eigenvalue weighted by Crippen LogP contribution is 2.13. The fourth-order valence-electron chi connectivity index (χ4n) is 1.54. The van der Waals surface area contributed by atoms with Gasteiger partial charge in [-0.25, -0.2) is 4.39 Å². The SMILES string of the molecule is Nc1cccc(CC(=O)Oc2ccc(F)cc2)c1. The highest BCUT2D eigenvalue weighted by molar-refractivity contribution is 5.75. The molecular formula is C14H12FNO2. The molecule has 92 valence electrons. The minimum Gasteiger partial charge on any atom is -0.426 e. The molecule has 0 spiro atoms. The molecule has 0 aliphatic heterocycles. The second-order valence-corrected chi connectivity index (χ2v) is 3.85. The van der Waals surface area contributed by atoms with E-state index in [1.165, 1.54) is 24.3 Å². The van der Waals surface area contributed by atoms with Gasteiger partial charge in [0.2, 0.25) is 0 Å². The summed E-state index contributed by atoms with van der Waals surface area (Å²) in [6.07, 6.45) is 0.127. The number of ether oxygens (including phenoxy) is 1. The summed E-state index contributed by atoms with van der Waals surface area (Å²) in [5.74, 6) is -0.455. The van der Waals surface area contributed by atoms with Crippen molar-refractivity contribution in [3.8, 4) is 5.75 Å². The number of halogens is 1. The first-order valence-corrected chi connectivity index (χ1v) is 5.44. The van der Waals surface area contributed by atoms with Crippen LogP contribution in [0.4, 0.5) is 10.1 Å². The molecule has 0 atom stereocenters. The normalized spacial score (nSPS) is 10.1. The van der Waals surface area contributed by atoms with Crippen molar-refractivity contribution < 1.29 is 13.9 Å². The van der Waals surface area contributed by atoms with Gasteiger partial charge in [0.05, 0.1) is 6.42 Å². The number of carbonyl (C=O) groups excluding carboxylic acids is 1. The predicted molar refractivity (Wildman–Crippen MR) is 66.6 cm³/mol. The largest absolute Gasteiger partial charge is 0.426 e. The number of esters is 1. The van der Waals surface area contributed by atoms with Gasteiger partial charge in [0.1, 0.15) is 11.6 Å². The van der Waals surface area contributed by atoms with Crippen molar-refractivity contribution in [2.75, 3.05) is 5.73 Å². The number of hydrogen-bond acceptors (Lipinski definition) is 3. The molecule has 2 rings (SSSR count). The van der Waals surface area contributed by atoms with Crippen molar-refractivity contribution in [2.45, 2.75) is 6.42 Å². The first-order chi connectivity index (χ1) is 8.63. The number of benzene rings is 2. The molecule has 0 amide bonds. The van der Waals surface area contributed by atoms with Crippen LogP contribution in [0.5, 0.6) is 5.75 Å². The third-order valence-electron chi connectivity index (χ3n) is 2.34. The van der Waals surface area contributed by atoms with Crippen molar-refractivity contribution in [1.29, 1.82) is 0 Å². The van der Waals surface area contributed by atoms with Crippen molar-refractivity contribution in [2.24, 2.45) is 0 Å². The van der Waals surface area contributed by atoms with E-state index in [0.717, 1.165) is 5.56 Å². The van der Waals surface area contributed by atoms with Crippen molar-refractivity contribution >= 4 is 11.7 Å². The first-order valence-electron chi connectivity index (χ1n) is 5.44. The average molecular weight is 245 g/mol. The van der Waals surface area contributed by atoms with Gasteiger partial charge in [-0.3, -0.25) is 4.79 Å². The summed E-state index contributed by atoms with van der Waals surface area (Å²) in [6, 6.07) is 12.3. The summed E-state index contributed by atoms with van der Waals surface area (Å²) in [7, 11) is 0. The van der Waals surface area contributed by atoms with Gasteiger partial charge in [-0.15, -0.1) is 0 Å². The van der Waals surface area contributed by atoms with Gasteiger partial charge in [0.15, 0.2) is 0 Å². The molecule has 2 aromatic rings. The van der Waals surface area contributed by atoms with Gasteiger partial charge < -0.3 is 10.5 Å². The Morgan fingerprint density at radius 2 is 1.89 bits per heavy atom. The van der Waals surface area contributed by atoms with Crippen molar-refractivity contribution in [3.63, 3.8) is 0 Å². The average Bonchev–Trinajstić information content (AvgIpc) is 2.32. The minimum absolute atomic E-state index is 0.127. The molecular weight excluding hydrogens is 233 g/mol. The topological polar surface area (TPSA) is 52.3 Å². The van der Waals surface area contributed by atoms with E-state index in [1.54, 1.807) is 24.3 Å². The van der Waals surface area contributed by atoms with E-state index in [9.17, 15) is 9.18 Å². The summed E-state index contributed by atoms with van der Waals surface area (Å²) in [6.45, 7) is 0. The van der Waals surface area contributed by atoms with Gasteiger partial charge in [0, 0.05) is 5.69 Å². The lowest BCUT2D eigenvalue weighted by Gasteiger charge is -2.04. The van der Waals surface area contributed by atoms with Gasteiger partial charge in [-0.05, 0) is 42.0 Å². The molecule has 0 radical (unpaired) electrons. The Balaban J connectivity index is 1.98. The van der Waals surface area contributed by atoms with Crippen LogP contribution in [-0.4, -0.2) is 5.97 Å².